The lowest BCUT2D eigenvalue weighted by atomic mass is 10.1. The molecular formula is C8H10O7P2+2. The van der Waals surface area contributed by atoms with Gasteiger partial charge >= 0.3 is 16.5 Å². The Morgan fingerprint density at radius 2 is 1.53 bits per heavy atom. The van der Waals surface area contributed by atoms with Gasteiger partial charge in [-0.25, -0.2) is 0 Å². The molecule has 0 bridgehead atoms. The molecule has 0 aromatic heterocycles. The van der Waals surface area contributed by atoms with Crippen LogP contribution in [-0.4, -0.2) is 21.2 Å². The van der Waals surface area contributed by atoms with Gasteiger partial charge < -0.3 is 5.11 Å². The fraction of sp³-hybridized carbons (Fsp3) is 0.250. The highest BCUT2D eigenvalue weighted by atomic mass is 31.1. The van der Waals surface area contributed by atoms with E-state index in [-0.39, 0.29) is 12.2 Å². The number of benzene rings is 1. The first-order chi connectivity index (χ1) is 7.97. The van der Waals surface area contributed by atoms with E-state index in [0.29, 0.717) is 5.56 Å². The summed E-state index contributed by atoms with van der Waals surface area (Å²) >= 11 is 0. The Morgan fingerprint density at radius 3 is 1.94 bits per heavy atom. The van der Waals surface area contributed by atoms with Gasteiger partial charge in [0.1, 0.15) is 5.75 Å². The Labute approximate surface area is 98.5 Å². The quantitative estimate of drug-likeness (QED) is 0.535. The van der Waals surface area contributed by atoms with Gasteiger partial charge in [-0.1, -0.05) is 21.2 Å². The van der Waals surface area contributed by atoms with Crippen molar-refractivity contribution in [2.45, 2.75) is 12.7 Å². The summed E-state index contributed by atoms with van der Waals surface area (Å²) in [4.78, 5) is 17.1. The summed E-state index contributed by atoms with van der Waals surface area (Å²) in [6.45, 7) is 0. The standard InChI is InChI=1S/C8H8O7P2/c9-7-3-1-6(2-4-7)5-8(14-16(10)11)15-17(12)13/h1-4,8H,5H2,(H-2,9,10,11,12,13)/p+2. The van der Waals surface area contributed by atoms with Crippen molar-refractivity contribution in [3.8, 4) is 5.75 Å². The third-order valence-electron chi connectivity index (χ3n) is 1.75. The molecule has 1 aromatic carbocycles. The van der Waals surface area contributed by atoms with Gasteiger partial charge in [0, 0.05) is 15.6 Å². The summed E-state index contributed by atoms with van der Waals surface area (Å²) < 4.78 is 29.8. The monoisotopic (exact) mass is 280 g/mol. The predicted molar refractivity (Wildman–Crippen MR) is 57.4 cm³/mol. The van der Waals surface area contributed by atoms with Crippen molar-refractivity contribution in [1.82, 2.24) is 0 Å². The highest BCUT2D eigenvalue weighted by Crippen LogP contribution is 2.28. The fourth-order valence-electron chi connectivity index (χ4n) is 1.12. The molecule has 0 fully saturated rings. The largest absolute Gasteiger partial charge is 0.697 e. The third-order valence-corrected chi connectivity index (χ3v) is 2.59. The molecule has 0 radical (unpaired) electrons. The maximum atomic E-state index is 10.5. The minimum atomic E-state index is -2.94. The molecular weight excluding hydrogens is 270 g/mol. The first-order valence-corrected chi connectivity index (χ1v) is 6.67. The zero-order valence-corrected chi connectivity index (χ0v) is 10.3. The van der Waals surface area contributed by atoms with E-state index < -0.39 is 22.8 Å². The second-order valence-electron chi connectivity index (χ2n) is 2.99. The Morgan fingerprint density at radius 1 is 1.06 bits per heavy atom. The van der Waals surface area contributed by atoms with Crippen LogP contribution in [0.2, 0.25) is 0 Å². The van der Waals surface area contributed by atoms with Gasteiger partial charge in [-0.05, 0) is 17.7 Å². The number of aromatic hydroxyl groups is 1. The molecule has 0 saturated heterocycles. The van der Waals surface area contributed by atoms with E-state index in [1.165, 1.54) is 24.3 Å². The van der Waals surface area contributed by atoms with Crippen LogP contribution in [0.4, 0.5) is 0 Å². The number of phenols is 1. The molecule has 92 valence electrons. The molecule has 0 saturated carbocycles. The zero-order chi connectivity index (χ0) is 12.8. The summed E-state index contributed by atoms with van der Waals surface area (Å²) in [5.41, 5.74) is 0.612. The molecule has 0 aliphatic heterocycles. The molecule has 0 heterocycles. The lowest BCUT2D eigenvalue weighted by Gasteiger charge is -2.03. The lowest BCUT2D eigenvalue weighted by molar-refractivity contribution is 0.00344. The molecule has 3 N–H and O–H groups in total. The predicted octanol–water partition coefficient (Wildman–Crippen LogP) is 1.59. The van der Waals surface area contributed by atoms with Gasteiger partial charge in [0.05, 0.1) is 0 Å². The summed E-state index contributed by atoms with van der Waals surface area (Å²) in [7, 11) is -5.87. The van der Waals surface area contributed by atoms with E-state index in [1.54, 1.807) is 0 Å². The van der Waals surface area contributed by atoms with E-state index in [4.69, 9.17) is 14.9 Å². The Balaban J connectivity index is 2.67. The Hall–Kier alpha value is -0.940. The highest BCUT2D eigenvalue weighted by molar-refractivity contribution is 7.32. The minimum absolute atomic E-state index is 0.00352. The van der Waals surface area contributed by atoms with Crippen molar-refractivity contribution in [2.24, 2.45) is 0 Å². The van der Waals surface area contributed by atoms with Crippen molar-refractivity contribution in [1.29, 1.82) is 0 Å². The Kier molecular flexibility index (Phi) is 5.58. The van der Waals surface area contributed by atoms with E-state index in [9.17, 15) is 9.13 Å². The van der Waals surface area contributed by atoms with Crippen molar-refractivity contribution >= 4 is 16.5 Å². The van der Waals surface area contributed by atoms with Crippen LogP contribution < -0.4 is 0 Å². The van der Waals surface area contributed by atoms with Gasteiger partial charge in [-0.3, -0.25) is 0 Å². The maximum Gasteiger partial charge on any atom is 0.697 e. The molecule has 2 unspecified atom stereocenters. The van der Waals surface area contributed by atoms with Crippen LogP contribution in [0, 0.1) is 0 Å². The number of hydrogen-bond acceptors (Lipinski definition) is 5. The second kappa shape index (κ2) is 6.71. The third kappa shape index (κ3) is 5.79. The van der Waals surface area contributed by atoms with Crippen LogP contribution in [-0.2, 0) is 24.6 Å². The second-order valence-corrected chi connectivity index (χ2v) is 4.36. The SMILES string of the molecule is O=[P+](O)OC(Cc1ccc(O)cc1)O[P+](=O)O. The summed E-state index contributed by atoms with van der Waals surface area (Å²) in [6.07, 6.45) is -1.30. The van der Waals surface area contributed by atoms with E-state index >= 15 is 0 Å². The number of rotatable bonds is 6. The van der Waals surface area contributed by atoms with Gasteiger partial charge in [0.15, 0.2) is 0 Å². The molecule has 0 spiro atoms. The van der Waals surface area contributed by atoms with Crippen molar-refractivity contribution < 1.29 is 33.1 Å². The van der Waals surface area contributed by atoms with Crippen molar-refractivity contribution in [2.75, 3.05) is 0 Å². The molecule has 7 nitrogen and oxygen atoms in total. The molecule has 1 rings (SSSR count). The van der Waals surface area contributed by atoms with Crippen LogP contribution >= 0.6 is 16.5 Å². The zero-order valence-electron chi connectivity index (χ0n) is 8.46. The van der Waals surface area contributed by atoms with Crippen LogP contribution in [0.25, 0.3) is 0 Å². The van der Waals surface area contributed by atoms with E-state index in [1.807, 2.05) is 0 Å². The molecule has 0 aliphatic carbocycles. The summed E-state index contributed by atoms with van der Waals surface area (Å²) in [5, 5.41) is 9.05. The fourth-order valence-corrected chi connectivity index (χ4v) is 1.82. The van der Waals surface area contributed by atoms with Crippen molar-refractivity contribution in [3.05, 3.63) is 29.8 Å². The number of phenolic OH excluding ortho intramolecular Hbond substituents is 1. The molecule has 2 atom stereocenters. The van der Waals surface area contributed by atoms with E-state index in [0.717, 1.165) is 0 Å². The average molecular weight is 280 g/mol. The minimum Gasteiger partial charge on any atom is -0.508 e. The van der Waals surface area contributed by atoms with Crippen LogP contribution in [0.3, 0.4) is 0 Å². The van der Waals surface area contributed by atoms with Crippen LogP contribution in [0.15, 0.2) is 24.3 Å². The number of hydrogen-bond donors (Lipinski definition) is 3. The molecule has 1 aromatic rings. The maximum absolute atomic E-state index is 10.5. The smallest absolute Gasteiger partial charge is 0.508 e. The van der Waals surface area contributed by atoms with Gasteiger partial charge in [-0.15, -0.1) is 9.79 Å². The Bertz CT molecular complexity index is 389. The normalized spacial score (nSPS) is 14.2. The average Bonchev–Trinajstić information content (AvgIpc) is 2.19. The summed E-state index contributed by atoms with van der Waals surface area (Å²) in [6, 6.07) is 5.88. The topological polar surface area (TPSA) is 113 Å². The van der Waals surface area contributed by atoms with Gasteiger partial charge in [-0.2, -0.15) is 0 Å². The van der Waals surface area contributed by atoms with Gasteiger partial charge in [0.25, 0.3) is 6.29 Å². The molecule has 9 heteroatoms. The lowest BCUT2D eigenvalue weighted by Crippen LogP contribution is -2.13. The van der Waals surface area contributed by atoms with Crippen LogP contribution in [0.1, 0.15) is 5.56 Å². The first-order valence-electron chi connectivity index (χ1n) is 4.41. The van der Waals surface area contributed by atoms with Crippen LogP contribution in [0.5, 0.6) is 5.75 Å². The first kappa shape index (κ1) is 14.1. The molecule has 0 aliphatic rings. The van der Waals surface area contributed by atoms with E-state index in [2.05, 4.69) is 9.05 Å². The molecule has 0 amide bonds. The van der Waals surface area contributed by atoms with Crippen molar-refractivity contribution in [3.63, 3.8) is 0 Å². The molecule has 17 heavy (non-hydrogen) atoms. The highest BCUT2D eigenvalue weighted by Gasteiger charge is 2.32. The van der Waals surface area contributed by atoms with Gasteiger partial charge in [0.2, 0.25) is 0 Å². The summed E-state index contributed by atoms with van der Waals surface area (Å²) in [5.74, 6) is 0.0635.